The number of nitro groups is 1. The Morgan fingerprint density at radius 1 is 1.23 bits per heavy atom. The fourth-order valence-corrected chi connectivity index (χ4v) is 2.68. The molecule has 0 saturated carbocycles. The first-order valence-electron chi connectivity index (χ1n) is 7.81. The summed E-state index contributed by atoms with van der Waals surface area (Å²) in [7, 11) is 0. The summed E-state index contributed by atoms with van der Waals surface area (Å²) in [5.41, 5.74) is 1.50. The van der Waals surface area contributed by atoms with Crippen molar-refractivity contribution in [2.24, 2.45) is 0 Å². The molecule has 0 fully saturated rings. The van der Waals surface area contributed by atoms with Crippen molar-refractivity contribution in [3.63, 3.8) is 0 Å². The quantitative estimate of drug-likeness (QED) is 0.516. The van der Waals surface area contributed by atoms with E-state index in [2.05, 4.69) is 9.97 Å². The van der Waals surface area contributed by atoms with Crippen LogP contribution >= 0.6 is 0 Å². The van der Waals surface area contributed by atoms with Crippen LogP contribution in [0.3, 0.4) is 0 Å². The number of benzene rings is 1. The molecule has 132 valence electrons. The smallest absolute Gasteiger partial charge is 0.391 e. The lowest BCUT2D eigenvalue weighted by molar-refractivity contribution is -0.392. The second kappa shape index (κ2) is 6.43. The predicted octanol–water partition coefficient (Wildman–Crippen LogP) is 2.83. The molecule has 4 rings (SSSR count). The Balaban J connectivity index is 1.37. The average Bonchev–Trinajstić information content (AvgIpc) is 3.21. The van der Waals surface area contributed by atoms with E-state index in [-0.39, 0.29) is 30.4 Å². The third-order valence-corrected chi connectivity index (χ3v) is 3.96. The highest BCUT2D eigenvalue weighted by atomic mass is 19.1. The summed E-state index contributed by atoms with van der Waals surface area (Å²) in [6.45, 7) is 0.505. The van der Waals surface area contributed by atoms with Crippen LogP contribution in [0.2, 0.25) is 0 Å². The van der Waals surface area contributed by atoms with Gasteiger partial charge in [0.25, 0.3) is 0 Å². The Labute approximate surface area is 147 Å². The van der Waals surface area contributed by atoms with Crippen molar-refractivity contribution in [1.82, 2.24) is 14.5 Å². The third kappa shape index (κ3) is 3.06. The van der Waals surface area contributed by atoms with E-state index in [0.717, 1.165) is 5.56 Å². The van der Waals surface area contributed by atoms with Gasteiger partial charge in [0.15, 0.2) is 6.10 Å². The number of ether oxygens (including phenoxy) is 2. The van der Waals surface area contributed by atoms with E-state index in [1.54, 1.807) is 30.5 Å². The minimum Gasteiger partial charge on any atom is -0.488 e. The van der Waals surface area contributed by atoms with Crippen molar-refractivity contribution >= 4 is 5.82 Å². The van der Waals surface area contributed by atoms with E-state index in [0.29, 0.717) is 18.0 Å². The molecule has 1 aromatic carbocycles. The van der Waals surface area contributed by atoms with Crippen LogP contribution in [-0.4, -0.2) is 32.2 Å². The Kier molecular flexibility index (Phi) is 3.96. The summed E-state index contributed by atoms with van der Waals surface area (Å²) in [6.07, 6.45) is 2.37. The van der Waals surface area contributed by atoms with E-state index in [1.807, 2.05) is 0 Å². The van der Waals surface area contributed by atoms with E-state index in [1.165, 1.54) is 22.9 Å². The first-order valence-corrected chi connectivity index (χ1v) is 7.81. The maximum atomic E-state index is 13.0. The zero-order chi connectivity index (χ0) is 18.1. The van der Waals surface area contributed by atoms with E-state index in [9.17, 15) is 14.5 Å². The summed E-state index contributed by atoms with van der Waals surface area (Å²) in [6, 6.07) is 9.80. The lowest BCUT2D eigenvalue weighted by Crippen LogP contribution is -2.23. The lowest BCUT2D eigenvalue weighted by atomic mass is 10.1. The molecule has 0 saturated heterocycles. The summed E-state index contributed by atoms with van der Waals surface area (Å²) >= 11 is 0. The molecule has 8 nitrogen and oxygen atoms in total. The molecule has 1 atom stereocenters. The molecule has 0 amide bonds. The van der Waals surface area contributed by atoms with Crippen LogP contribution < -0.4 is 9.47 Å². The van der Waals surface area contributed by atoms with Gasteiger partial charge in [-0.25, -0.2) is 4.39 Å². The Morgan fingerprint density at radius 3 is 2.73 bits per heavy atom. The number of halogens is 1. The van der Waals surface area contributed by atoms with Crippen LogP contribution in [0, 0.1) is 15.9 Å². The molecule has 0 N–H and O–H groups in total. The van der Waals surface area contributed by atoms with Gasteiger partial charge < -0.3 is 19.6 Å². The fourth-order valence-electron chi connectivity index (χ4n) is 2.68. The van der Waals surface area contributed by atoms with Crippen LogP contribution in [0.15, 0.2) is 48.8 Å². The van der Waals surface area contributed by atoms with Gasteiger partial charge in [-0.15, -0.1) is 0 Å². The van der Waals surface area contributed by atoms with Crippen molar-refractivity contribution in [1.29, 1.82) is 0 Å². The minimum absolute atomic E-state index is 0.104. The number of aromatic nitrogens is 3. The highest BCUT2D eigenvalue weighted by molar-refractivity contribution is 5.59. The second-order valence-corrected chi connectivity index (χ2v) is 5.70. The third-order valence-electron chi connectivity index (χ3n) is 3.96. The number of hydrogen-bond acceptors (Lipinski definition) is 6. The maximum Gasteiger partial charge on any atom is 0.391 e. The molecule has 0 aliphatic carbocycles. The fraction of sp³-hybridized carbons (Fsp3) is 0.176. The van der Waals surface area contributed by atoms with Gasteiger partial charge in [-0.2, -0.15) is 9.55 Å². The summed E-state index contributed by atoms with van der Waals surface area (Å²) in [4.78, 5) is 18.6. The molecule has 3 heterocycles. The van der Waals surface area contributed by atoms with Crippen molar-refractivity contribution in [2.75, 3.05) is 6.61 Å². The predicted molar refractivity (Wildman–Crippen MR) is 88.4 cm³/mol. The molecular weight excluding hydrogens is 343 g/mol. The van der Waals surface area contributed by atoms with Gasteiger partial charge in [-0.05, 0) is 41.3 Å². The maximum absolute atomic E-state index is 13.0. The number of hydrogen-bond donors (Lipinski definition) is 0. The largest absolute Gasteiger partial charge is 0.488 e. The Morgan fingerprint density at radius 2 is 2.04 bits per heavy atom. The minimum atomic E-state index is -0.499. The monoisotopic (exact) mass is 356 g/mol. The van der Waals surface area contributed by atoms with Crippen LogP contribution in [0.5, 0.6) is 11.8 Å². The number of pyridine rings is 1. The number of nitrogens with zero attached hydrogens (tertiary/aromatic N) is 4. The number of fused-ring (bicyclic) bond motifs is 1. The molecule has 2 aromatic heterocycles. The molecule has 9 heteroatoms. The summed E-state index contributed by atoms with van der Waals surface area (Å²) in [5, 5.41) is 10.9. The van der Waals surface area contributed by atoms with Crippen LogP contribution in [0.25, 0.3) is 11.3 Å². The van der Waals surface area contributed by atoms with E-state index < -0.39 is 4.92 Å². The van der Waals surface area contributed by atoms with E-state index in [4.69, 9.17) is 9.47 Å². The normalized spacial score (nSPS) is 15.3. The standard InChI is InChI=1S/C17H13FN4O4/c18-12-3-1-11(2-4-12)15-6-5-13(7-19-15)25-10-14-9-21-16(22(23)24)8-20-17(21)26-14/h1-8,14H,9-10H2/t14-/m1/s1. The molecule has 0 radical (unpaired) electrons. The molecule has 0 unspecified atom stereocenters. The van der Waals surface area contributed by atoms with Crippen LogP contribution in [-0.2, 0) is 6.54 Å². The summed E-state index contributed by atoms with van der Waals surface area (Å²) < 4.78 is 25.5. The van der Waals surface area contributed by atoms with Crippen LogP contribution in [0.4, 0.5) is 10.2 Å². The van der Waals surface area contributed by atoms with E-state index >= 15 is 0 Å². The number of rotatable bonds is 5. The highest BCUT2D eigenvalue weighted by Gasteiger charge is 2.34. The van der Waals surface area contributed by atoms with Crippen molar-refractivity contribution in [2.45, 2.75) is 12.6 Å². The molecule has 0 spiro atoms. The zero-order valence-corrected chi connectivity index (χ0v) is 13.4. The van der Waals surface area contributed by atoms with Crippen LogP contribution in [0.1, 0.15) is 0 Å². The van der Waals surface area contributed by atoms with Gasteiger partial charge >= 0.3 is 11.8 Å². The van der Waals surface area contributed by atoms with Crippen molar-refractivity contribution in [3.8, 4) is 23.0 Å². The second-order valence-electron chi connectivity index (χ2n) is 5.70. The lowest BCUT2D eigenvalue weighted by Gasteiger charge is -2.10. The molecule has 1 aliphatic rings. The molecule has 0 bridgehead atoms. The van der Waals surface area contributed by atoms with Gasteiger partial charge in [0.1, 0.15) is 30.9 Å². The molecule has 1 aliphatic heterocycles. The first-order chi connectivity index (χ1) is 12.6. The highest BCUT2D eigenvalue weighted by Crippen LogP contribution is 2.27. The molecule has 3 aromatic rings. The summed E-state index contributed by atoms with van der Waals surface area (Å²) in [5.74, 6) is 0.136. The molecule has 26 heavy (non-hydrogen) atoms. The Bertz CT molecular complexity index is 940. The zero-order valence-electron chi connectivity index (χ0n) is 13.4. The van der Waals surface area contributed by atoms with Gasteiger partial charge in [0.2, 0.25) is 0 Å². The van der Waals surface area contributed by atoms with Gasteiger partial charge in [-0.3, -0.25) is 4.98 Å². The molecular formula is C17H13FN4O4. The Hall–Kier alpha value is -3.49. The van der Waals surface area contributed by atoms with Gasteiger partial charge in [0.05, 0.1) is 11.9 Å². The first kappa shape index (κ1) is 16.0. The average molecular weight is 356 g/mol. The van der Waals surface area contributed by atoms with Gasteiger partial charge in [-0.1, -0.05) is 0 Å². The SMILES string of the molecule is O=[N+]([O-])c1cnc2n1C[C@H](COc1ccc(-c3ccc(F)cc3)nc1)O2. The number of imidazole rings is 1. The van der Waals surface area contributed by atoms with Crippen molar-refractivity contribution < 1.29 is 18.8 Å². The topological polar surface area (TPSA) is 92.3 Å². The van der Waals surface area contributed by atoms with Crippen molar-refractivity contribution in [3.05, 3.63) is 64.7 Å². The van der Waals surface area contributed by atoms with Gasteiger partial charge in [0, 0.05) is 5.56 Å².